The molecule has 0 saturated heterocycles. The van der Waals surface area contributed by atoms with E-state index in [1.54, 1.807) is 0 Å². The molecule has 1 fully saturated rings. The lowest BCUT2D eigenvalue weighted by Gasteiger charge is -2.19. The Labute approximate surface area is 91.9 Å². The van der Waals surface area contributed by atoms with Gasteiger partial charge in [0.05, 0.1) is 6.04 Å². The van der Waals surface area contributed by atoms with E-state index in [1.807, 2.05) is 19.4 Å². The predicted molar refractivity (Wildman–Crippen MR) is 61.6 cm³/mol. The quantitative estimate of drug-likeness (QED) is 0.802. The summed E-state index contributed by atoms with van der Waals surface area (Å²) in [4.78, 5) is 4.36. The van der Waals surface area contributed by atoms with E-state index in [0.717, 1.165) is 11.7 Å². The topological polar surface area (TPSA) is 29.9 Å². The molecule has 1 aliphatic carbocycles. The van der Waals surface area contributed by atoms with Gasteiger partial charge in [-0.2, -0.15) is 0 Å². The molecule has 1 saturated carbocycles. The molecule has 0 amide bonds. The fourth-order valence-corrected chi connectivity index (χ4v) is 2.22. The van der Waals surface area contributed by atoms with Gasteiger partial charge in [-0.1, -0.05) is 12.8 Å². The van der Waals surface area contributed by atoms with Crippen molar-refractivity contribution in [2.75, 3.05) is 0 Å². The molecule has 15 heavy (non-hydrogen) atoms. The highest BCUT2D eigenvalue weighted by molar-refractivity contribution is 4.97. The number of hydrogen-bond acceptors (Lipinski definition) is 2. The van der Waals surface area contributed by atoms with E-state index in [-0.39, 0.29) is 0 Å². The summed E-state index contributed by atoms with van der Waals surface area (Å²) in [5.41, 5.74) is 0. The molecule has 1 aliphatic rings. The van der Waals surface area contributed by atoms with Gasteiger partial charge in [0.15, 0.2) is 0 Å². The molecule has 0 radical (unpaired) electrons. The normalized spacial score (nSPS) is 20.2. The van der Waals surface area contributed by atoms with Crippen molar-refractivity contribution in [2.45, 2.75) is 45.2 Å². The van der Waals surface area contributed by atoms with Gasteiger partial charge in [-0.25, -0.2) is 4.98 Å². The molecule has 2 rings (SSSR count). The van der Waals surface area contributed by atoms with E-state index < -0.39 is 0 Å². The second kappa shape index (κ2) is 4.35. The molecule has 1 aromatic heterocycles. The first-order chi connectivity index (χ1) is 7.16. The van der Waals surface area contributed by atoms with Crippen molar-refractivity contribution in [3.8, 4) is 0 Å². The highest BCUT2D eigenvalue weighted by atomic mass is 15.1. The summed E-state index contributed by atoms with van der Waals surface area (Å²) < 4.78 is 2.08. The van der Waals surface area contributed by atoms with Crippen molar-refractivity contribution in [2.24, 2.45) is 13.0 Å². The van der Waals surface area contributed by atoms with E-state index in [2.05, 4.69) is 28.7 Å². The Balaban J connectivity index is 1.85. The molecule has 1 N–H and O–H groups in total. The highest BCUT2D eigenvalue weighted by Gasteiger charge is 2.24. The SMILES string of the molecule is CC(CC1CC1)NC(C)c1nccn1C. The van der Waals surface area contributed by atoms with Crippen molar-refractivity contribution in [1.29, 1.82) is 0 Å². The van der Waals surface area contributed by atoms with Gasteiger partial charge in [0.1, 0.15) is 5.82 Å². The van der Waals surface area contributed by atoms with Gasteiger partial charge in [0.25, 0.3) is 0 Å². The molecular weight excluding hydrogens is 186 g/mol. The largest absolute Gasteiger partial charge is 0.337 e. The molecule has 1 heterocycles. The van der Waals surface area contributed by atoms with Crippen molar-refractivity contribution in [3.63, 3.8) is 0 Å². The van der Waals surface area contributed by atoms with Crippen LogP contribution >= 0.6 is 0 Å². The lowest BCUT2D eigenvalue weighted by molar-refractivity contribution is 0.421. The number of aryl methyl sites for hydroxylation is 1. The highest BCUT2D eigenvalue weighted by Crippen LogP contribution is 2.33. The number of hydrogen-bond donors (Lipinski definition) is 1. The van der Waals surface area contributed by atoms with Crippen molar-refractivity contribution < 1.29 is 0 Å². The maximum Gasteiger partial charge on any atom is 0.125 e. The fraction of sp³-hybridized carbons (Fsp3) is 0.750. The Bertz CT molecular complexity index is 314. The van der Waals surface area contributed by atoms with Crippen LogP contribution in [-0.2, 0) is 7.05 Å². The van der Waals surface area contributed by atoms with Gasteiger partial charge in [0.2, 0.25) is 0 Å². The van der Waals surface area contributed by atoms with Crippen molar-refractivity contribution >= 4 is 0 Å². The first-order valence-corrected chi connectivity index (χ1v) is 5.90. The van der Waals surface area contributed by atoms with Crippen LogP contribution in [0.1, 0.15) is 45.0 Å². The lowest BCUT2D eigenvalue weighted by Crippen LogP contribution is -2.30. The Kier molecular flexibility index (Phi) is 3.10. The monoisotopic (exact) mass is 207 g/mol. The Morgan fingerprint density at radius 3 is 2.80 bits per heavy atom. The number of nitrogens with zero attached hydrogens (tertiary/aromatic N) is 2. The fourth-order valence-electron chi connectivity index (χ4n) is 2.22. The van der Waals surface area contributed by atoms with Gasteiger partial charge >= 0.3 is 0 Å². The zero-order chi connectivity index (χ0) is 10.8. The number of imidazole rings is 1. The summed E-state index contributed by atoms with van der Waals surface area (Å²) >= 11 is 0. The summed E-state index contributed by atoms with van der Waals surface area (Å²) in [6.45, 7) is 4.46. The molecule has 0 bridgehead atoms. The van der Waals surface area contributed by atoms with Crippen LogP contribution in [0.3, 0.4) is 0 Å². The smallest absolute Gasteiger partial charge is 0.125 e. The predicted octanol–water partition coefficient (Wildman–Crippen LogP) is 2.26. The third-order valence-electron chi connectivity index (χ3n) is 3.16. The minimum atomic E-state index is 0.346. The van der Waals surface area contributed by atoms with Gasteiger partial charge in [-0.3, -0.25) is 0 Å². The van der Waals surface area contributed by atoms with E-state index >= 15 is 0 Å². The first kappa shape index (κ1) is 10.7. The average Bonchev–Trinajstić information content (AvgIpc) is 2.85. The number of nitrogens with one attached hydrogen (secondary N) is 1. The minimum Gasteiger partial charge on any atom is -0.337 e. The van der Waals surface area contributed by atoms with Crippen LogP contribution in [0, 0.1) is 5.92 Å². The van der Waals surface area contributed by atoms with E-state index in [4.69, 9.17) is 0 Å². The molecule has 0 aromatic carbocycles. The molecule has 2 unspecified atom stereocenters. The third-order valence-corrected chi connectivity index (χ3v) is 3.16. The molecule has 1 aromatic rings. The van der Waals surface area contributed by atoms with Crippen LogP contribution in [0.5, 0.6) is 0 Å². The van der Waals surface area contributed by atoms with Crippen LogP contribution in [0.15, 0.2) is 12.4 Å². The maximum absolute atomic E-state index is 4.36. The van der Waals surface area contributed by atoms with E-state index in [9.17, 15) is 0 Å². The number of rotatable bonds is 5. The van der Waals surface area contributed by atoms with Gasteiger partial charge in [-0.15, -0.1) is 0 Å². The Morgan fingerprint density at radius 1 is 1.53 bits per heavy atom. The van der Waals surface area contributed by atoms with Crippen LogP contribution < -0.4 is 5.32 Å². The van der Waals surface area contributed by atoms with Crippen molar-refractivity contribution in [3.05, 3.63) is 18.2 Å². The molecule has 2 atom stereocenters. The van der Waals surface area contributed by atoms with E-state index in [1.165, 1.54) is 19.3 Å². The van der Waals surface area contributed by atoms with Crippen LogP contribution in [0.4, 0.5) is 0 Å². The zero-order valence-corrected chi connectivity index (χ0v) is 9.90. The standard InChI is InChI=1S/C12H21N3/c1-9(8-11-4-5-11)14-10(2)12-13-6-7-15(12)3/h6-7,9-11,14H,4-5,8H2,1-3H3. The zero-order valence-electron chi connectivity index (χ0n) is 9.90. The second-order valence-corrected chi connectivity index (χ2v) is 4.86. The van der Waals surface area contributed by atoms with Crippen LogP contribution in [-0.4, -0.2) is 15.6 Å². The van der Waals surface area contributed by atoms with Crippen LogP contribution in [0.25, 0.3) is 0 Å². The Hall–Kier alpha value is -0.830. The van der Waals surface area contributed by atoms with Crippen molar-refractivity contribution in [1.82, 2.24) is 14.9 Å². The third kappa shape index (κ3) is 2.81. The molecule has 3 nitrogen and oxygen atoms in total. The van der Waals surface area contributed by atoms with Gasteiger partial charge in [0, 0.05) is 25.5 Å². The summed E-state index contributed by atoms with van der Waals surface area (Å²) in [5, 5.41) is 3.61. The summed E-state index contributed by atoms with van der Waals surface area (Å²) in [5.74, 6) is 2.11. The van der Waals surface area contributed by atoms with E-state index in [0.29, 0.717) is 12.1 Å². The molecule has 3 heteroatoms. The molecular formula is C12H21N3. The van der Waals surface area contributed by atoms with Crippen LogP contribution in [0.2, 0.25) is 0 Å². The molecule has 84 valence electrons. The summed E-state index contributed by atoms with van der Waals surface area (Å²) in [6, 6.07) is 0.947. The number of aromatic nitrogens is 2. The average molecular weight is 207 g/mol. The summed E-state index contributed by atoms with van der Waals surface area (Å²) in [7, 11) is 2.05. The summed E-state index contributed by atoms with van der Waals surface area (Å²) in [6.07, 6.45) is 8.04. The minimum absolute atomic E-state index is 0.346. The first-order valence-electron chi connectivity index (χ1n) is 5.90. The van der Waals surface area contributed by atoms with Gasteiger partial charge in [-0.05, 0) is 26.2 Å². The molecule has 0 spiro atoms. The second-order valence-electron chi connectivity index (χ2n) is 4.86. The molecule has 0 aliphatic heterocycles. The maximum atomic E-state index is 4.36. The lowest BCUT2D eigenvalue weighted by atomic mass is 10.1. The van der Waals surface area contributed by atoms with Gasteiger partial charge < -0.3 is 9.88 Å². The Morgan fingerprint density at radius 2 is 2.27 bits per heavy atom.